The van der Waals surface area contributed by atoms with Crippen molar-refractivity contribution in [3.63, 3.8) is 0 Å². The van der Waals surface area contributed by atoms with Crippen molar-refractivity contribution in [2.75, 3.05) is 31.4 Å². The Hall–Kier alpha value is -3.98. The zero-order valence-corrected chi connectivity index (χ0v) is 19.9. The molecule has 3 aromatic rings. The van der Waals surface area contributed by atoms with Crippen molar-refractivity contribution in [1.82, 2.24) is 0 Å². The number of anilines is 2. The van der Waals surface area contributed by atoms with Crippen molar-refractivity contribution in [1.29, 1.82) is 0 Å². The molecule has 1 amide bonds. The van der Waals surface area contributed by atoms with Crippen LogP contribution < -0.4 is 24.2 Å². The number of hydrogen-bond acceptors (Lipinski definition) is 6. The summed E-state index contributed by atoms with van der Waals surface area (Å²) in [5.41, 5.74) is 2.01. The molecule has 0 bridgehead atoms. The predicted molar refractivity (Wildman–Crippen MR) is 132 cm³/mol. The Labute approximate surface area is 199 Å². The number of hydrogen-bond donors (Lipinski definition) is 2. The zero-order valence-electron chi connectivity index (χ0n) is 19.1. The molecule has 0 aliphatic carbocycles. The van der Waals surface area contributed by atoms with Crippen LogP contribution in [0.2, 0.25) is 0 Å². The first kappa shape index (κ1) is 24.7. The Morgan fingerprint density at radius 2 is 1.62 bits per heavy atom. The molecule has 3 rings (SSSR count). The van der Waals surface area contributed by atoms with E-state index in [0.717, 1.165) is 5.56 Å². The zero-order chi connectivity index (χ0) is 24.7. The molecule has 2 N–H and O–H groups in total. The number of carbonyl (C=O) groups is 1. The van der Waals surface area contributed by atoms with Crippen LogP contribution in [0.15, 0.2) is 78.2 Å². The predicted octanol–water partition coefficient (Wildman–Crippen LogP) is 4.49. The fourth-order valence-electron chi connectivity index (χ4n) is 3.24. The van der Waals surface area contributed by atoms with E-state index in [4.69, 9.17) is 14.2 Å². The van der Waals surface area contributed by atoms with Gasteiger partial charge in [0.1, 0.15) is 17.2 Å². The van der Waals surface area contributed by atoms with Crippen molar-refractivity contribution in [3.05, 3.63) is 84.4 Å². The fraction of sp³-hybridized carbons (Fsp3) is 0.160. The van der Waals surface area contributed by atoms with Crippen LogP contribution in [-0.2, 0) is 16.4 Å². The quantitative estimate of drug-likeness (QED) is 0.413. The molecule has 9 heteroatoms. The van der Waals surface area contributed by atoms with E-state index in [1.54, 1.807) is 49.6 Å². The molecule has 8 nitrogen and oxygen atoms in total. The van der Waals surface area contributed by atoms with Crippen molar-refractivity contribution >= 4 is 27.3 Å². The van der Waals surface area contributed by atoms with Crippen LogP contribution in [0.3, 0.4) is 0 Å². The molecule has 0 fully saturated rings. The second-order valence-corrected chi connectivity index (χ2v) is 8.85. The van der Waals surface area contributed by atoms with E-state index in [1.165, 1.54) is 38.5 Å². The number of ether oxygens (including phenoxy) is 3. The number of carbonyl (C=O) groups excluding carboxylic acids is 1. The Morgan fingerprint density at radius 1 is 0.912 bits per heavy atom. The monoisotopic (exact) mass is 482 g/mol. The van der Waals surface area contributed by atoms with Crippen molar-refractivity contribution in [2.24, 2.45) is 0 Å². The van der Waals surface area contributed by atoms with Gasteiger partial charge in [0.2, 0.25) is 0 Å². The first-order valence-electron chi connectivity index (χ1n) is 10.3. The normalized spacial score (nSPS) is 10.8. The van der Waals surface area contributed by atoms with Gasteiger partial charge in [-0.2, -0.15) is 0 Å². The summed E-state index contributed by atoms with van der Waals surface area (Å²) in [5.74, 6) is 1.20. The Kier molecular flexibility index (Phi) is 7.80. The highest BCUT2D eigenvalue weighted by molar-refractivity contribution is 7.92. The largest absolute Gasteiger partial charge is 0.497 e. The molecule has 0 saturated heterocycles. The summed E-state index contributed by atoms with van der Waals surface area (Å²) in [4.78, 5) is 12.7. The molecule has 178 valence electrons. The molecular formula is C25H26N2O6S. The second kappa shape index (κ2) is 10.8. The minimum Gasteiger partial charge on any atom is -0.497 e. The average Bonchev–Trinajstić information content (AvgIpc) is 2.84. The number of allylic oxidation sites excluding steroid dienone is 1. The van der Waals surface area contributed by atoms with Gasteiger partial charge in [-0.25, -0.2) is 8.42 Å². The first-order valence-corrected chi connectivity index (χ1v) is 11.7. The lowest BCUT2D eigenvalue weighted by atomic mass is 10.1. The SMILES string of the molecule is C=CCc1cc(C(=O)Nc2ccc(S(=O)(=O)Nc3ccc(OC)cc3OC)cc2)ccc1OC. The summed E-state index contributed by atoms with van der Waals surface area (Å²) in [6.07, 6.45) is 2.29. The summed E-state index contributed by atoms with van der Waals surface area (Å²) >= 11 is 0. The number of sulfonamides is 1. The van der Waals surface area contributed by atoms with E-state index >= 15 is 0 Å². The fourth-order valence-corrected chi connectivity index (χ4v) is 4.31. The smallest absolute Gasteiger partial charge is 0.262 e. The summed E-state index contributed by atoms with van der Waals surface area (Å²) in [7, 11) is 0.622. The number of methoxy groups -OCH3 is 3. The molecule has 34 heavy (non-hydrogen) atoms. The van der Waals surface area contributed by atoms with Gasteiger partial charge < -0.3 is 19.5 Å². The highest BCUT2D eigenvalue weighted by atomic mass is 32.2. The van der Waals surface area contributed by atoms with Gasteiger partial charge in [0, 0.05) is 17.3 Å². The molecule has 0 atom stereocenters. The van der Waals surface area contributed by atoms with Crippen LogP contribution in [0.4, 0.5) is 11.4 Å². The molecule has 0 aromatic heterocycles. The van der Waals surface area contributed by atoms with Crippen LogP contribution in [0, 0.1) is 0 Å². The van der Waals surface area contributed by atoms with Crippen LogP contribution in [0.25, 0.3) is 0 Å². The number of rotatable bonds is 10. The second-order valence-electron chi connectivity index (χ2n) is 7.17. The third-order valence-corrected chi connectivity index (χ3v) is 6.36. The molecule has 0 unspecified atom stereocenters. The van der Waals surface area contributed by atoms with Gasteiger partial charge in [-0.3, -0.25) is 9.52 Å². The molecular weight excluding hydrogens is 456 g/mol. The molecule has 0 heterocycles. The van der Waals surface area contributed by atoms with Gasteiger partial charge in [-0.05, 0) is 66.6 Å². The Balaban J connectivity index is 1.75. The summed E-state index contributed by atoms with van der Waals surface area (Å²) in [5, 5.41) is 2.77. The maximum Gasteiger partial charge on any atom is 0.262 e. The van der Waals surface area contributed by atoms with Gasteiger partial charge in [0.05, 0.1) is 31.9 Å². The standard InChI is InChI=1S/C25H26N2O6S/c1-5-6-17-15-18(7-14-23(17)32-3)25(28)26-19-8-11-21(12-9-19)34(29,30)27-22-13-10-20(31-2)16-24(22)33-4/h5,7-16,27H,1,6H2,2-4H3,(H,26,28). The molecule has 0 saturated carbocycles. The third-order valence-electron chi connectivity index (χ3n) is 4.98. The van der Waals surface area contributed by atoms with Crippen LogP contribution in [0.1, 0.15) is 15.9 Å². The Bertz CT molecular complexity index is 1290. The molecule has 0 aliphatic heterocycles. The molecule has 0 aliphatic rings. The van der Waals surface area contributed by atoms with E-state index in [0.29, 0.717) is 34.9 Å². The summed E-state index contributed by atoms with van der Waals surface area (Å²) in [6, 6.07) is 15.7. The van der Waals surface area contributed by atoms with Crippen molar-refractivity contribution in [2.45, 2.75) is 11.3 Å². The summed E-state index contributed by atoms with van der Waals surface area (Å²) in [6.45, 7) is 3.72. The van der Waals surface area contributed by atoms with E-state index in [9.17, 15) is 13.2 Å². The average molecular weight is 483 g/mol. The van der Waals surface area contributed by atoms with Gasteiger partial charge in [0.25, 0.3) is 15.9 Å². The van der Waals surface area contributed by atoms with Gasteiger partial charge in [0.15, 0.2) is 0 Å². The lowest BCUT2D eigenvalue weighted by molar-refractivity contribution is 0.102. The van der Waals surface area contributed by atoms with E-state index < -0.39 is 10.0 Å². The lowest BCUT2D eigenvalue weighted by Gasteiger charge is -2.13. The van der Waals surface area contributed by atoms with Crippen LogP contribution in [-0.4, -0.2) is 35.7 Å². The van der Waals surface area contributed by atoms with Gasteiger partial charge in [-0.1, -0.05) is 6.08 Å². The molecule has 0 radical (unpaired) electrons. The third kappa shape index (κ3) is 5.68. The number of nitrogens with one attached hydrogen (secondary N) is 2. The lowest BCUT2D eigenvalue weighted by Crippen LogP contribution is -2.15. The van der Waals surface area contributed by atoms with E-state index in [2.05, 4.69) is 16.6 Å². The maximum absolute atomic E-state index is 12.8. The van der Waals surface area contributed by atoms with Gasteiger partial charge >= 0.3 is 0 Å². The maximum atomic E-state index is 12.8. The topological polar surface area (TPSA) is 103 Å². The highest BCUT2D eigenvalue weighted by Gasteiger charge is 2.18. The number of amides is 1. The van der Waals surface area contributed by atoms with Crippen LogP contribution >= 0.6 is 0 Å². The van der Waals surface area contributed by atoms with E-state index in [-0.39, 0.29) is 16.5 Å². The van der Waals surface area contributed by atoms with E-state index in [1.807, 2.05) is 0 Å². The van der Waals surface area contributed by atoms with Crippen molar-refractivity contribution in [3.8, 4) is 17.2 Å². The number of benzene rings is 3. The molecule has 3 aromatic carbocycles. The minimum atomic E-state index is -3.89. The van der Waals surface area contributed by atoms with Crippen molar-refractivity contribution < 1.29 is 27.4 Å². The highest BCUT2D eigenvalue weighted by Crippen LogP contribution is 2.31. The first-order chi connectivity index (χ1) is 16.3. The summed E-state index contributed by atoms with van der Waals surface area (Å²) < 4.78 is 43.9. The minimum absolute atomic E-state index is 0.0288. The Morgan fingerprint density at radius 3 is 2.24 bits per heavy atom. The molecule has 0 spiro atoms. The van der Waals surface area contributed by atoms with Crippen LogP contribution in [0.5, 0.6) is 17.2 Å². The van der Waals surface area contributed by atoms with Gasteiger partial charge in [-0.15, -0.1) is 6.58 Å².